The first-order chi connectivity index (χ1) is 13.4. The summed E-state index contributed by atoms with van der Waals surface area (Å²) in [6, 6.07) is 6.11. The van der Waals surface area contributed by atoms with Crippen LogP contribution in [0.25, 0.3) is 5.65 Å². The molecule has 0 saturated heterocycles. The number of fused-ring (bicyclic) bond motifs is 1. The summed E-state index contributed by atoms with van der Waals surface area (Å²) in [7, 11) is 1.57. The van der Waals surface area contributed by atoms with Crippen LogP contribution in [0.1, 0.15) is 37.9 Å². The molecule has 3 heterocycles. The van der Waals surface area contributed by atoms with Crippen LogP contribution in [0.5, 0.6) is 5.75 Å². The maximum Gasteiger partial charge on any atom is 0.168 e. The minimum atomic E-state index is -0.307. The van der Waals surface area contributed by atoms with Crippen LogP contribution >= 0.6 is 0 Å². The minimum Gasteiger partial charge on any atom is -0.496 e. The number of aliphatic imine (C=N–C) groups is 1. The highest BCUT2D eigenvalue weighted by Gasteiger charge is 2.27. The summed E-state index contributed by atoms with van der Waals surface area (Å²) in [5.74, 6) is 1.77. The topological polar surface area (TPSA) is 75.8 Å². The predicted molar refractivity (Wildman–Crippen MR) is 107 cm³/mol. The molecule has 3 aromatic rings. The number of hydrogen-bond acceptors (Lipinski definition) is 6. The molecular formula is C20H23FN6O. The van der Waals surface area contributed by atoms with Crippen molar-refractivity contribution in [1.29, 1.82) is 0 Å². The molecule has 1 aromatic carbocycles. The first-order valence-corrected chi connectivity index (χ1v) is 9.14. The molecule has 1 aliphatic heterocycles. The van der Waals surface area contributed by atoms with Gasteiger partial charge < -0.3 is 15.4 Å². The van der Waals surface area contributed by atoms with Crippen LogP contribution in [-0.2, 0) is 0 Å². The first kappa shape index (κ1) is 18.2. The lowest BCUT2D eigenvalue weighted by molar-refractivity contribution is 0.406. The van der Waals surface area contributed by atoms with Crippen LogP contribution < -0.4 is 15.4 Å². The van der Waals surface area contributed by atoms with Gasteiger partial charge in [0.1, 0.15) is 23.2 Å². The van der Waals surface area contributed by atoms with Gasteiger partial charge in [0, 0.05) is 11.8 Å². The van der Waals surface area contributed by atoms with Gasteiger partial charge >= 0.3 is 0 Å². The van der Waals surface area contributed by atoms with Gasteiger partial charge in [0.2, 0.25) is 0 Å². The Morgan fingerprint density at radius 2 is 2.14 bits per heavy atom. The molecule has 0 bridgehead atoms. The highest BCUT2D eigenvalue weighted by Crippen LogP contribution is 2.28. The van der Waals surface area contributed by atoms with Gasteiger partial charge in [-0.2, -0.15) is 5.10 Å². The average Bonchev–Trinajstić information content (AvgIpc) is 3.24. The van der Waals surface area contributed by atoms with Gasteiger partial charge in [0.25, 0.3) is 0 Å². The number of anilines is 1. The maximum absolute atomic E-state index is 13.7. The summed E-state index contributed by atoms with van der Waals surface area (Å²) < 4.78 is 20.8. The highest BCUT2D eigenvalue weighted by molar-refractivity contribution is 6.05. The fourth-order valence-corrected chi connectivity index (χ4v) is 3.29. The van der Waals surface area contributed by atoms with Crippen molar-refractivity contribution >= 4 is 17.3 Å². The lowest BCUT2D eigenvalue weighted by Gasteiger charge is -2.18. The molecule has 28 heavy (non-hydrogen) atoms. The van der Waals surface area contributed by atoms with Gasteiger partial charge in [-0.05, 0) is 45.0 Å². The molecule has 0 radical (unpaired) electrons. The number of aromatic nitrogens is 3. The molecule has 1 aliphatic rings. The van der Waals surface area contributed by atoms with Crippen molar-refractivity contribution in [3.63, 3.8) is 0 Å². The molecule has 0 unspecified atom stereocenters. The molecule has 4 rings (SSSR count). The summed E-state index contributed by atoms with van der Waals surface area (Å²) in [5, 5.41) is 11.1. The van der Waals surface area contributed by atoms with E-state index < -0.39 is 0 Å². The second kappa shape index (κ2) is 6.78. The molecular weight excluding hydrogens is 359 g/mol. The summed E-state index contributed by atoms with van der Waals surface area (Å²) >= 11 is 0. The number of benzene rings is 1. The van der Waals surface area contributed by atoms with Gasteiger partial charge in [0.05, 0.1) is 37.0 Å². The Hall–Kier alpha value is -3.16. The number of halogens is 1. The fourth-order valence-electron chi connectivity index (χ4n) is 3.29. The maximum atomic E-state index is 13.7. The Balaban J connectivity index is 1.64. The summed E-state index contributed by atoms with van der Waals surface area (Å²) in [4.78, 5) is 9.29. The number of hydrogen-bond donors (Lipinski definition) is 2. The summed E-state index contributed by atoms with van der Waals surface area (Å²) in [5.41, 5.74) is 2.20. The largest absolute Gasteiger partial charge is 0.496 e. The van der Waals surface area contributed by atoms with Crippen molar-refractivity contribution in [1.82, 2.24) is 19.9 Å². The number of ether oxygens (including phenoxy) is 1. The first-order valence-electron chi connectivity index (χ1n) is 9.14. The second-order valence-electron chi connectivity index (χ2n) is 7.57. The Morgan fingerprint density at radius 1 is 1.32 bits per heavy atom. The monoisotopic (exact) mass is 382 g/mol. The van der Waals surface area contributed by atoms with Crippen LogP contribution in [-0.4, -0.2) is 39.6 Å². The van der Waals surface area contributed by atoms with Crippen LogP contribution in [0, 0.1) is 5.82 Å². The van der Waals surface area contributed by atoms with Crippen molar-refractivity contribution in [2.75, 3.05) is 19.0 Å². The number of nitrogens with one attached hydrogen (secondary N) is 2. The number of nitrogens with zero attached hydrogens (tertiary/aromatic N) is 4. The number of amidine groups is 1. The van der Waals surface area contributed by atoms with E-state index in [2.05, 4.69) is 34.6 Å². The van der Waals surface area contributed by atoms with Gasteiger partial charge in [-0.15, -0.1) is 0 Å². The van der Waals surface area contributed by atoms with E-state index in [0.717, 1.165) is 17.0 Å². The van der Waals surface area contributed by atoms with Crippen LogP contribution in [0.2, 0.25) is 0 Å². The molecule has 0 aliphatic carbocycles. The van der Waals surface area contributed by atoms with Crippen LogP contribution in [0.4, 0.5) is 10.2 Å². The Morgan fingerprint density at radius 3 is 2.86 bits per heavy atom. The molecule has 0 spiro atoms. The standard InChI is InChI=1S/C20H23FN6O/c1-12(14-9-13(21)5-6-16(14)28-4)24-17-7-8-27-19(25-17)15(10-23-27)18-22-11-20(2,3)26-18/h5-10,12H,11H2,1-4H3,(H,22,26)(H,24,25)/t12-/m1/s1. The zero-order chi connectivity index (χ0) is 19.9. The quantitative estimate of drug-likeness (QED) is 0.709. The van der Waals surface area contributed by atoms with Gasteiger partial charge in [-0.25, -0.2) is 13.9 Å². The lowest BCUT2D eigenvalue weighted by Crippen LogP contribution is -2.39. The Labute approximate surface area is 162 Å². The van der Waals surface area contributed by atoms with E-state index in [1.54, 1.807) is 23.9 Å². The van der Waals surface area contributed by atoms with Crippen molar-refractivity contribution in [3.05, 3.63) is 53.6 Å². The van der Waals surface area contributed by atoms with Crippen molar-refractivity contribution < 1.29 is 9.13 Å². The van der Waals surface area contributed by atoms with Crippen molar-refractivity contribution in [2.24, 2.45) is 4.99 Å². The summed E-state index contributed by atoms with van der Waals surface area (Å²) in [6.45, 7) is 6.84. The molecule has 7 nitrogen and oxygen atoms in total. The molecule has 1 atom stereocenters. The van der Waals surface area contributed by atoms with Crippen LogP contribution in [0.15, 0.2) is 41.7 Å². The predicted octanol–water partition coefficient (Wildman–Crippen LogP) is 3.18. The van der Waals surface area contributed by atoms with E-state index in [0.29, 0.717) is 23.8 Å². The molecule has 0 saturated carbocycles. The van der Waals surface area contributed by atoms with Gasteiger partial charge in [-0.1, -0.05) is 0 Å². The van der Waals surface area contributed by atoms with E-state index in [1.165, 1.54) is 12.1 Å². The lowest BCUT2D eigenvalue weighted by atomic mass is 10.1. The van der Waals surface area contributed by atoms with Gasteiger partial charge in [0.15, 0.2) is 5.65 Å². The van der Waals surface area contributed by atoms with E-state index in [1.807, 2.05) is 19.2 Å². The number of methoxy groups -OCH3 is 1. The molecule has 146 valence electrons. The molecule has 0 fully saturated rings. The third-order valence-corrected chi connectivity index (χ3v) is 4.74. The zero-order valence-electron chi connectivity index (χ0n) is 16.3. The van der Waals surface area contributed by atoms with E-state index in [4.69, 9.17) is 9.72 Å². The third-order valence-electron chi connectivity index (χ3n) is 4.74. The molecule has 0 amide bonds. The smallest absolute Gasteiger partial charge is 0.168 e. The Kier molecular flexibility index (Phi) is 4.41. The molecule has 2 N–H and O–H groups in total. The van der Waals surface area contributed by atoms with Crippen molar-refractivity contribution in [3.8, 4) is 5.75 Å². The van der Waals surface area contributed by atoms with Gasteiger partial charge in [-0.3, -0.25) is 4.99 Å². The molecule has 8 heteroatoms. The van der Waals surface area contributed by atoms with E-state index >= 15 is 0 Å². The summed E-state index contributed by atoms with van der Waals surface area (Å²) in [6.07, 6.45) is 3.60. The third kappa shape index (κ3) is 3.37. The Bertz CT molecular complexity index is 1060. The number of rotatable bonds is 5. The zero-order valence-corrected chi connectivity index (χ0v) is 16.3. The van der Waals surface area contributed by atoms with Crippen molar-refractivity contribution in [2.45, 2.75) is 32.4 Å². The average molecular weight is 382 g/mol. The molecule has 2 aromatic heterocycles. The van der Waals surface area contributed by atoms with Crippen LogP contribution in [0.3, 0.4) is 0 Å². The second-order valence-corrected chi connectivity index (χ2v) is 7.57. The highest BCUT2D eigenvalue weighted by atomic mass is 19.1. The fraction of sp³-hybridized carbons (Fsp3) is 0.350. The minimum absolute atomic E-state index is 0.0814. The SMILES string of the molecule is COc1ccc(F)cc1[C@@H](C)Nc1ccn2ncc(C3=NCC(C)(C)N3)c2n1. The van der Waals surface area contributed by atoms with E-state index in [-0.39, 0.29) is 17.4 Å². The van der Waals surface area contributed by atoms with E-state index in [9.17, 15) is 4.39 Å². The normalized spacial score (nSPS) is 16.5.